The fourth-order valence-electron chi connectivity index (χ4n) is 2.66. The van der Waals surface area contributed by atoms with E-state index in [2.05, 4.69) is 22.5 Å². The molecule has 0 saturated carbocycles. The summed E-state index contributed by atoms with van der Waals surface area (Å²) in [7, 11) is 0. The van der Waals surface area contributed by atoms with Crippen LogP contribution >= 0.6 is 0 Å². The van der Waals surface area contributed by atoms with Gasteiger partial charge in [0.2, 0.25) is 0 Å². The van der Waals surface area contributed by atoms with Gasteiger partial charge in [-0.25, -0.2) is 9.37 Å². The van der Waals surface area contributed by atoms with Gasteiger partial charge >= 0.3 is 5.97 Å². The van der Waals surface area contributed by atoms with Crippen molar-refractivity contribution < 1.29 is 14.3 Å². The fourth-order valence-corrected chi connectivity index (χ4v) is 2.66. The molecule has 1 aromatic heterocycles. The third-order valence-electron chi connectivity index (χ3n) is 3.83. The highest BCUT2D eigenvalue weighted by Gasteiger charge is 2.10. The molecule has 2 aromatic rings. The number of pyridine rings is 1. The number of carboxylic acid groups (broad SMARTS) is 1. The number of carboxylic acids is 1. The van der Waals surface area contributed by atoms with Gasteiger partial charge < -0.3 is 10.4 Å². The number of carbonyl (C=O) groups is 1. The molecule has 0 aliphatic heterocycles. The van der Waals surface area contributed by atoms with Crippen molar-refractivity contribution in [1.82, 2.24) is 4.98 Å². The van der Waals surface area contributed by atoms with Crippen molar-refractivity contribution in [2.24, 2.45) is 0 Å². The first-order chi connectivity index (χ1) is 11.1. The van der Waals surface area contributed by atoms with Gasteiger partial charge in [-0.05, 0) is 54.2 Å². The highest BCUT2D eigenvalue weighted by atomic mass is 19.1. The normalized spacial score (nSPS) is 13.3. The van der Waals surface area contributed by atoms with E-state index in [4.69, 9.17) is 5.11 Å². The lowest BCUT2D eigenvalue weighted by Gasteiger charge is -2.11. The summed E-state index contributed by atoms with van der Waals surface area (Å²) in [6.45, 7) is 0. The Kier molecular flexibility index (Phi) is 4.37. The maximum absolute atomic E-state index is 13.9. The van der Waals surface area contributed by atoms with Gasteiger partial charge in [0.25, 0.3) is 0 Å². The lowest BCUT2D eigenvalue weighted by atomic mass is 10.1. The van der Waals surface area contributed by atoms with E-state index in [1.807, 2.05) is 12.3 Å². The second-order valence-corrected chi connectivity index (χ2v) is 5.55. The zero-order valence-electron chi connectivity index (χ0n) is 12.6. The Labute approximate surface area is 133 Å². The van der Waals surface area contributed by atoms with Crippen LogP contribution in [0.15, 0.2) is 42.6 Å². The number of nitrogens with one attached hydrogen (secondary N) is 1. The molecule has 4 nitrogen and oxygen atoms in total. The second-order valence-electron chi connectivity index (χ2n) is 5.55. The van der Waals surface area contributed by atoms with Crippen LogP contribution in [0.25, 0.3) is 0 Å². The fraction of sp³-hybridized carbons (Fsp3) is 0.222. The molecular weight excluding hydrogens is 295 g/mol. The van der Waals surface area contributed by atoms with E-state index in [9.17, 15) is 9.18 Å². The van der Waals surface area contributed by atoms with Gasteiger partial charge in [-0.2, -0.15) is 0 Å². The number of benzene rings is 1. The number of hydrogen-bond acceptors (Lipinski definition) is 3. The van der Waals surface area contributed by atoms with E-state index < -0.39 is 11.8 Å². The average Bonchev–Trinajstić information content (AvgIpc) is 2.74. The molecular formula is C18H17FN2O2. The van der Waals surface area contributed by atoms with Crippen LogP contribution in [-0.2, 0) is 24.1 Å². The van der Waals surface area contributed by atoms with E-state index in [0.717, 1.165) is 19.3 Å². The summed E-state index contributed by atoms with van der Waals surface area (Å²) >= 11 is 0. The maximum atomic E-state index is 13.9. The molecule has 1 heterocycles. The highest BCUT2D eigenvalue weighted by molar-refractivity contribution is 5.70. The van der Waals surface area contributed by atoms with Crippen LogP contribution in [0.1, 0.15) is 23.1 Å². The summed E-state index contributed by atoms with van der Waals surface area (Å²) in [6.07, 6.45) is 8.74. The zero-order chi connectivity index (χ0) is 16.2. The number of anilines is 2. The minimum absolute atomic E-state index is 0.170. The van der Waals surface area contributed by atoms with E-state index >= 15 is 0 Å². The van der Waals surface area contributed by atoms with Gasteiger partial charge in [-0.15, -0.1) is 0 Å². The SMILES string of the molecule is O=C(O)Cc1ccc(Nc2cc3c(cn2)CCC=CC3)cc1F. The molecule has 0 radical (unpaired) electrons. The van der Waals surface area contributed by atoms with Crippen LogP contribution in [0.2, 0.25) is 0 Å². The molecule has 0 atom stereocenters. The van der Waals surface area contributed by atoms with Crippen molar-refractivity contribution in [3.05, 3.63) is 65.1 Å². The first kappa shape index (κ1) is 15.2. The van der Waals surface area contributed by atoms with Crippen LogP contribution in [-0.4, -0.2) is 16.1 Å². The summed E-state index contributed by atoms with van der Waals surface area (Å²) in [5.74, 6) is -0.926. The second kappa shape index (κ2) is 6.60. The van der Waals surface area contributed by atoms with Gasteiger partial charge in [-0.3, -0.25) is 4.79 Å². The van der Waals surface area contributed by atoms with Gasteiger partial charge in [-0.1, -0.05) is 18.2 Å². The Morgan fingerprint density at radius 2 is 2.13 bits per heavy atom. The van der Waals surface area contributed by atoms with Crippen LogP contribution in [0.3, 0.4) is 0 Å². The van der Waals surface area contributed by atoms with Crippen molar-refractivity contribution >= 4 is 17.5 Å². The molecule has 118 valence electrons. The molecule has 23 heavy (non-hydrogen) atoms. The highest BCUT2D eigenvalue weighted by Crippen LogP contribution is 2.23. The summed E-state index contributed by atoms with van der Waals surface area (Å²) in [5, 5.41) is 11.8. The number of rotatable bonds is 4. The minimum Gasteiger partial charge on any atom is -0.481 e. The molecule has 2 N–H and O–H groups in total. The summed E-state index contributed by atoms with van der Waals surface area (Å²) in [6, 6.07) is 6.42. The maximum Gasteiger partial charge on any atom is 0.307 e. The van der Waals surface area contributed by atoms with E-state index in [0.29, 0.717) is 11.5 Å². The Bertz CT molecular complexity index is 772. The Morgan fingerprint density at radius 1 is 1.26 bits per heavy atom. The largest absolute Gasteiger partial charge is 0.481 e. The molecule has 1 aliphatic rings. The minimum atomic E-state index is -1.05. The van der Waals surface area contributed by atoms with Gasteiger partial charge in [0, 0.05) is 11.9 Å². The lowest BCUT2D eigenvalue weighted by Crippen LogP contribution is -2.03. The topological polar surface area (TPSA) is 62.2 Å². The molecule has 5 heteroatoms. The molecule has 0 amide bonds. The van der Waals surface area contributed by atoms with E-state index in [-0.39, 0.29) is 12.0 Å². The van der Waals surface area contributed by atoms with E-state index in [1.54, 1.807) is 6.07 Å². The van der Waals surface area contributed by atoms with E-state index in [1.165, 1.54) is 23.3 Å². The quantitative estimate of drug-likeness (QED) is 0.846. The van der Waals surface area contributed by atoms with Crippen LogP contribution in [0, 0.1) is 5.82 Å². The van der Waals surface area contributed by atoms with Gasteiger partial charge in [0.05, 0.1) is 6.42 Å². The molecule has 1 aliphatic carbocycles. The summed E-state index contributed by atoms with van der Waals surface area (Å²) in [4.78, 5) is 15.0. The first-order valence-corrected chi connectivity index (χ1v) is 7.52. The standard InChI is InChI=1S/C18H17FN2O2/c19-16-10-15(7-6-13(16)9-18(22)23)21-17-8-12-4-2-1-3-5-14(12)11-20-17/h1-2,6-8,10-11H,3-5,9H2,(H,20,21)(H,22,23). The molecule has 1 aromatic carbocycles. The molecule has 3 rings (SSSR count). The lowest BCUT2D eigenvalue weighted by molar-refractivity contribution is -0.136. The first-order valence-electron chi connectivity index (χ1n) is 7.52. The van der Waals surface area contributed by atoms with Crippen molar-refractivity contribution in [3.8, 4) is 0 Å². The third-order valence-corrected chi connectivity index (χ3v) is 3.83. The number of nitrogens with zero attached hydrogens (tertiary/aromatic N) is 1. The van der Waals surface area contributed by atoms with Crippen molar-refractivity contribution in [2.75, 3.05) is 5.32 Å². The van der Waals surface area contributed by atoms with Crippen LogP contribution in [0.4, 0.5) is 15.9 Å². The number of allylic oxidation sites excluding steroid dienone is 2. The third kappa shape index (κ3) is 3.74. The number of aryl methyl sites for hydroxylation is 1. The molecule has 0 spiro atoms. The number of aliphatic carboxylic acids is 1. The van der Waals surface area contributed by atoms with Crippen LogP contribution < -0.4 is 5.32 Å². The van der Waals surface area contributed by atoms with Crippen LogP contribution in [0.5, 0.6) is 0 Å². The molecule has 0 unspecified atom stereocenters. The average molecular weight is 312 g/mol. The molecule has 0 bridgehead atoms. The predicted molar refractivity (Wildman–Crippen MR) is 86.4 cm³/mol. The number of halogens is 1. The number of aromatic nitrogens is 1. The molecule has 0 fully saturated rings. The van der Waals surface area contributed by atoms with Crippen molar-refractivity contribution in [1.29, 1.82) is 0 Å². The number of hydrogen-bond donors (Lipinski definition) is 2. The summed E-state index contributed by atoms with van der Waals surface area (Å²) < 4.78 is 13.9. The van der Waals surface area contributed by atoms with Crippen molar-refractivity contribution in [2.45, 2.75) is 25.7 Å². The number of fused-ring (bicyclic) bond motifs is 1. The van der Waals surface area contributed by atoms with Gasteiger partial charge in [0.15, 0.2) is 0 Å². The predicted octanol–water partition coefficient (Wildman–Crippen LogP) is 3.64. The Balaban J connectivity index is 1.79. The Hall–Kier alpha value is -2.69. The monoisotopic (exact) mass is 312 g/mol. The van der Waals surface area contributed by atoms with Crippen molar-refractivity contribution in [3.63, 3.8) is 0 Å². The zero-order valence-corrected chi connectivity index (χ0v) is 12.6. The smallest absolute Gasteiger partial charge is 0.307 e. The van der Waals surface area contributed by atoms with Gasteiger partial charge in [0.1, 0.15) is 11.6 Å². The summed E-state index contributed by atoms with van der Waals surface area (Å²) in [5.41, 5.74) is 3.18. The Morgan fingerprint density at radius 3 is 2.91 bits per heavy atom. The molecule has 0 saturated heterocycles.